The molecule has 0 bridgehead atoms. The second-order valence-corrected chi connectivity index (χ2v) is 6.74. The maximum Gasteiger partial charge on any atom is 0.337 e. The Hall–Kier alpha value is -1.75. The molecule has 5 heteroatoms. The van der Waals surface area contributed by atoms with Crippen LogP contribution in [0.1, 0.15) is 53.2 Å². The van der Waals surface area contributed by atoms with Crippen LogP contribution >= 0.6 is 0 Å². The van der Waals surface area contributed by atoms with Gasteiger partial charge in [-0.2, -0.15) is 8.78 Å². The summed E-state index contributed by atoms with van der Waals surface area (Å²) in [5.41, 5.74) is 3.03. The zero-order valence-corrected chi connectivity index (χ0v) is 13.4. The molecule has 3 rings (SSSR count). The third-order valence-corrected chi connectivity index (χ3v) is 5.19. The third-order valence-electron chi connectivity index (χ3n) is 5.19. The van der Waals surface area contributed by atoms with E-state index in [1.807, 2.05) is 19.1 Å². The summed E-state index contributed by atoms with van der Waals surface area (Å²) in [7, 11) is 1.36. The first kappa shape index (κ1) is 16.1. The van der Waals surface area contributed by atoms with Crippen LogP contribution in [0.2, 0.25) is 0 Å². The monoisotopic (exact) mass is 321 g/mol. The van der Waals surface area contributed by atoms with E-state index in [1.165, 1.54) is 7.11 Å². The van der Waals surface area contributed by atoms with Crippen LogP contribution in [0, 0.1) is 12.3 Å². The number of carbonyl (C=O) groups is 1. The predicted octanol–water partition coefficient (Wildman–Crippen LogP) is 4.14. The molecule has 1 spiro atoms. The third kappa shape index (κ3) is 3.02. The zero-order chi connectivity index (χ0) is 16.6. The summed E-state index contributed by atoms with van der Waals surface area (Å²) in [6, 6.07) is 5.70. The average molecular weight is 321 g/mol. The maximum atomic E-state index is 12.7. The Kier molecular flexibility index (Phi) is 4.23. The first-order valence-corrected chi connectivity index (χ1v) is 7.89. The van der Waals surface area contributed by atoms with Crippen LogP contribution in [0.3, 0.4) is 0 Å². The van der Waals surface area contributed by atoms with Gasteiger partial charge in [0.1, 0.15) is 0 Å². The second-order valence-electron chi connectivity index (χ2n) is 6.74. The number of carbonyl (C=O) groups excluding carboxylic acids is 1. The van der Waals surface area contributed by atoms with Crippen molar-refractivity contribution < 1.29 is 18.3 Å². The quantitative estimate of drug-likeness (QED) is 0.832. The maximum absolute atomic E-state index is 12.7. The summed E-state index contributed by atoms with van der Waals surface area (Å²) in [4.78, 5) is 11.6. The first-order valence-electron chi connectivity index (χ1n) is 7.89. The molecule has 0 aromatic heterocycles. The van der Waals surface area contributed by atoms with Crippen molar-refractivity contribution in [3.05, 3.63) is 46.5 Å². The van der Waals surface area contributed by atoms with E-state index in [1.54, 1.807) is 6.07 Å². The summed E-state index contributed by atoms with van der Waals surface area (Å²) in [6.07, 6.45) is 1.35. The molecule has 1 atom stereocenters. The average Bonchev–Trinajstić information content (AvgIpc) is 2.51. The fraction of sp³-hybridized carbons (Fsp3) is 0.500. The van der Waals surface area contributed by atoms with Gasteiger partial charge >= 0.3 is 5.97 Å². The summed E-state index contributed by atoms with van der Waals surface area (Å²) in [5, 5.41) is 3.49. The number of benzene rings is 1. The van der Waals surface area contributed by atoms with E-state index in [0.717, 1.165) is 30.5 Å². The highest BCUT2D eigenvalue weighted by Crippen LogP contribution is 2.55. The van der Waals surface area contributed by atoms with Crippen LogP contribution in [-0.4, -0.2) is 19.6 Å². The van der Waals surface area contributed by atoms with Crippen LogP contribution in [0.4, 0.5) is 8.78 Å². The molecule has 1 N–H and O–H groups in total. The lowest BCUT2D eigenvalue weighted by Gasteiger charge is -2.49. The molecule has 0 amide bonds. The molecule has 124 valence electrons. The first-order chi connectivity index (χ1) is 10.9. The van der Waals surface area contributed by atoms with Gasteiger partial charge in [-0.1, -0.05) is 6.07 Å². The van der Waals surface area contributed by atoms with E-state index in [9.17, 15) is 13.6 Å². The van der Waals surface area contributed by atoms with Gasteiger partial charge in [0.15, 0.2) is 0 Å². The number of allylic oxidation sites excluding steroid dienone is 1. The van der Waals surface area contributed by atoms with Gasteiger partial charge in [0, 0.05) is 6.04 Å². The minimum absolute atomic E-state index is 0.0160. The zero-order valence-electron chi connectivity index (χ0n) is 13.4. The Labute approximate surface area is 134 Å². The highest BCUT2D eigenvalue weighted by molar-refractivity contribution is 5.89. The number of methoxy groups -OCH3 is 1. The lowest BCUT2D eigenvalue weighted by molar-refractivity contribution is 0.0600. The number of rotatable bonds is 2. The van der Waals surface area contributed by atoms with Crippen molar-refractivity contribution in [3.8, 4) is 0 Å². The van der Waals surface area contributed by atoms with Crippen molar-refractivity contribution in [2.45, 2.75) is 38.6 Å². The van der Waals surface area contributed by atoms with Gasteiger partial charge in [0.25, 0.3) is 6.08 Å². The van der Waals surface area contributed by atoms with Crippen LogP contribution in [0.5, 0.6) is 0 Å². The predicted molar refractivity (Wildman–Crippen MR) is 83.4 cm³/mol. The van der Waals surface area contributed by atoms with Crippen LogP contribution < -0.4 is 5.32 Å². The van der Waals surface area contributed by atoms with E-state index < -0.39 is 6.08 Å². The van der Waals surface area contributed by atoms with Crippen molar-refractivity contribution >= 4 is 5.97 Å². The molecule has 1 saturated heterocycles. The SMILES string of the molecule is COC(=O)c1ccc(C2CC3(CCN2)CC(=C(F)F)C3)c(C)c1. The Bertz CT molecular complexity index is 657. The molecule has 23 heavy (non-hydrogen) atoms. The smallest absolute Gasteiger partial charge is 0.337 e. The fourth-order valence-corrected chi connectivity index (χ4v) is 3.96. The lowest BCUT2D eigenvalue weighted by atomic mass is 9.59. The molecule has 1 aromatic rings. The fourth-order valence-electron chi connectivity index (χ4n) is 3.96. The van der Waals surface area contributed by atoms with Gasteiger partial charge in [0.05, 0.1) is 12.7 Å². The van der Waals surface area contributed by atoms with Crippen molar-refractivity contribution in [2.75, 3.05) is 13.7 Å². The van der Waals surface area contributed by atoms with E-state index in [4.69, 9.17) is 4.74 Å². The van der Waals surface area contributed by atoms with E-state index in [-0.39, 0.29) is 17.4 Å². The summed E-state index contributed by atoms with van der Waals surface area (Å²) in [6.45, 7) is 2.81. The summed E-state index contributed by atoms with van der Waals surface area (Å²) in [5.74, 6) is -0.347. The number of nitrogens with one attached hydrogen (secondary N) is 1. The van der Waals surface area contributed by atoms with Gasteiger partial charge in [0.2, 0.25) is 0 Å². The second kappa shape index (κ2) is 6.04. The largest absolute Gasteiger partial charge is 0.465 e. The number of hydrogen-bond acceptors (Lipinski definition) is 3. The number of hydrogen-bond donors (Lipinski definition) is 1. The standard InChI is InChI=1S/C18H21F2NO2/c1-11-7-12(17(22)23-2)3-4-14(11)15-10-18(5-6-21-15)8-13(9-18)16(19)20/h3-4,7,15,21H,5-6,8-10H2,1-2H3. The molecule has 2 aliphatic rings. The topological polar surface area (TPSA) is 38.3 Å². The van der Waals surface area contributed by atoms with E-state index >= 15 is 0 Å². The highest BCUT2D eigenvalue weighted by atomic mass is 19.3. The van der Waals surface area contributed by atoms with Crippen molar-refractivity contribution in [1.82, 2.24) is 5.32 Å². The van der Waals surface area contributed by atoms with Gasteiger partial charge in [-0.05, 0) is 73.4 Å². The molecule has 0 radical (unpaired) electrons. The number of aryl methyl sites for hydroxylation is 1. The lowest BCUT2D eigenvalue weighted by Crippen LogP contribution is -2.44. The minimum Gasteiger partial charge on any atom is -0.465 e. The van der Waals surface area contributed by atoms with Crippen molar-refractivity contribution in [2.24, 2.45) is 5.41 Å². The van der Waals surface area contributed by atoms with Crippen LogP contribution in [0.25, 0.3) is 0 Å². The number of piperidine rings is 1. The summed E-state index contributed by atoms with van der Waals surface area (Å²) >= 11 is 0. The number of esters is 1. The molecule has 1 heterocycles. The molecular weight excluding hydrogens is 300 g/mol. The normalized spacial score (nSPS) is 26.8. The molecule has 1 aliphatic carbocycles. The molecule has 1 unspecified atom stereocenters. The van der Waals surface area contributed by atoms with Gasteiger partial charge < -0.3 is 10.1 Å². The molecule has 1 aliphatic heterocycles. The minimum atomic E-state index is -1.50. The highest BCUT2D eigenvalue weighted by Gasteiger charge is 2.46. The van der Waals surface area contributed by atoms with Gasteiger partial charge in [-0.15, -0.1) is 0 Å². The number of halogens is 2. The molecular formula is C18H21F2NO2. The molecule has 3 nitrogen and oxygen atoms in total. The van der Waals surface area contributed by atoms with Crippen LogP contribution in [0.15, 0.2) is 29.9 Å². The van der Waals surface area contributed by atoms with Gasteiger partial charge in [-0.25, -0.2) is 4.79 Å². The Morgan fingerprint density at radius 3 is 2.70 bits per heavy atom. The van der Waals surface area contributed by atoms with Crippen LogP contribution in [-0.2, 0) is 4.74 Å². The molecule has 1 aromatic carbocycles. The van der Waals surface area contributed by atoms with Gasteiger partial charge in [-0.3, -0.25) is 0 Å². The molecule has 2 fully saturated rings. The van der Waals surface area contributed by atoms with E-state index in [0.29, 0.717) is 24.0 Å². The Morgan fingerprint density at radius 1 is 1.35 bits per heavy atom. The number of ether oxygens (including phenoxy) is 1. The van der Waals surface area contributed by atoms with Crippen molar-refractivity contribution in [1.29, 1.82) is 0 Å². The Balaban J connectivity index is 1.77. The Morgan fingerprint density at radius 2 is 2.09 bits per heavy atom. The van der Waals surface area contributed by atoms with E-state index in [2.05, 4.69) is 5.32 Å². The van der Waals surface area contributed by atoms with Crippen molar-refractivity contribution in [3.63, 3.8) is 0 Å². The summed E-state index contributed by atoms with van der Waals surface area (Å²) < 4.78 is 30.1. The molecule has 1 saturated carbocycles.